The van der Waals surface area contributed by atoms with Crippen molar-refractivity contribution in [3.8, 4) is 10.4 Å². The minimum Gasteiger partial charge on any atom is -0.483 e. The van der Waals surface area contributed by atoms with Crippen LogP contribution in [0, 0.1) is 0 Å². The lowest BCUT2D eigenvalue weighted by Gasteiger charge is -2.02. The molecule has 0 saturated heterocycles. The van der Waals surface area contributed by atoms with E-state index in [2.05, 4.69) is 48.5 Å². The van der Waals surface area contributed by atoms with Crippen molar-refractivity contribution in [1.29, 1.82) is 0 Å². The van der Waals surface area contributed by atoms with Crippen LogP contribution in [0.25, 0.3) is 21.2 Å². The molecule has 0 amide bonds. The van der Waals surface area contributed by atoms with E-state index in [1.54, 1.807) is 11.3 Å². The molecule has 2 aromatic carbocycles. The molecule has 0 aliphatic rings. The summed E-state index contributed by atoms with van der Waals surface area (Å²) in [5.74, 6) is 0. The highest BCUT2D eigenvalue weighted by Crippen LogP contribution is 2.31. The molecule has 3 aromatic rings. The van der Waals surface area contributed by atoms with Gasteiger partial charge in [0.2, 0.25) is 5.05 Å². The standard InChI is InChI=1S/C17H14OS2/c1-2-18-17(19)16-10-9-15(20-16)14-8-7-12-5-3-4-6-13(12)11-14/h3-11H,2H2,1H3. The highest BCUT2D eigenvalue weighted by Gasteiger charge is 2.08. The fourth-order valence-corrected chi connectivity index (χ4v) is 3.35. The molecule has 0 spiro atoms. The topological polar surface area (TPSA) is 9.23 Å². The Morgan fingerprint density at radius 3 is 2.65 bits per heavy atom. The van der Waals surface area contributed by atoms with Gasteiger partial charge in [0.05, 0.1) is 11.5 Å². The Morgan fingerprint density at radius 1 is 1.05 bits per heavy atom. The molecule has 0 N–H and O–H groups in total. The van der Waals surface area contributed by atoms with E-state index in [0.29, 0.717) is 11.7 Å². The van der Waals surface area contributed by atoms with Gasteiger partial charge < -0.3 is 4.74 Å². The Balaban J connectivity index is 1.96. The summed E-state index contributed by atoms with van der Waals surface area (Å²) in [6.07, 6.45) is 0. The summed E-state index contributed by atoms with van der Waals surface area (Å²) in [5.41, 5.74) is 1.22. The van der Waals surface area contributed by atoms with Crippen LogP contribution < -0.4 is 0 Å². The van der Waals surface area contributed by atoms with Crippen LogP contribution in [0.5, 0.6) is 0 Å². The van der Waals surface area contributed by atoms with Gasteiger partial charge >= 0.3 is 0 Å². The number of rotatable bonds is 3. The molecule has 20 heavy (non-hydrogen) atoms. The average Bonchev–Trinajstić information content (AvgIpc) is 2.97. The summed E-state index contributed by atoms with van der Waals surface area (Å²) in [5, 5.41) is 3.11. The zero-order valence-electron chi connectivity index (χ0n) is 11.1. The Hall–Kier alpha value is -1.71. The van der Waals surface area contributed by atoms with Crippen LogP contribution in [0.3, 0.4) is 0 Å². The van der Waals surface area contributed by atoms with Gasteiger partial charge in [-0.15, -0.1) is 11.3 Å². The van der Waals surface area contributed by atoms with E-state index >= 15 is 0 Å². The zero-order chi connectivity index (χ0) is 13.9. The third-order valence-electron chi connectivity index (χ3n) is 3.12. The first-order valence-electron chi connectivity index (χ1n) is 6.54. The molecule has 0 radical (unpaired) electrons. The molecule has 0 bridgehead atoms. The van der Waals surface area contributed by atoms with Gasteiger partial charge in [0, 0.05) is 4.88 Å². The van der Waals surface area contributed by atoms with Crippen molar-refractivity contribution < 1.29 is 4.74 Å². The van der Waals surface area contributed by atoms with Gasteiger partial charge in [-0.1, -0.05) is 36.4 Å². The molecule has 0 unspecified atom stereocenters. The molecule has 0 saturated carbocycles. The summed E-state index contributed by atoms with van der Waals surface area (Å²) < 4.78 is 5.39. The van der Waals surface area contributed by atoms with Crippen molar-refractivity contribution >= 4 is 39.4 Å². The minimum absolute atomic E-state index is 0.588. The Morgan fingerprint density at radius 2 is 1.85 bits per heavy atom. The quantitative estimate of drug-likeness (QED) is 0.608. The van der Waals surface area contributed by atoms with Crippen LogP contribution in [-0.4, -0.2) is 11.7 Å². The van der Waals surface area contributed by atoms with Crippen LogP contribution in [0.4, 0.5) is 0 Å². The van der Waals surface area contributed by atoms with Crippen LogP contribution in [-0.2, 0) is 4.74 Å². The van der Waals surface area contributed by atoms with Crippen molar-refractivity contribution in [3.63, 3.8) is 0 Å². The lowest BCUT2D eigenvalue weighted by Crippen LogP contribution is -1.99. The van der Waals surface area contributed by atoms with Gasteiger partial charge in [0.15, 0.2) is 0 Å². The van der Waals surface area contributed by atoms with E-state index in [-0.39, 0.29) is 0 Å². The van der Waals surface area contributed by atoms with Gasteiger partial charge in [0.1, 0.15) is 0 Å². The molecule has 1 heterocycles. The fraction of sp³-hybridized carbons (Fsp3) is 0.118. The van der Waals surface area contributed by atoms with Crippen LogP contribution in [0.1, 0.15) is 11.8 Å². The van der Waals surface area contributed by atoms with Crippen molar-refractivity contribution in [2.24, 2.45) is 0 Å². The number of ether oxygens (including phenoxy) is 1. The predicted molar refractivity (Wildman–Crippen MR) is 90.6 cm³/mol. The monoisotopic (exact) mass is 298 g/mol. The average molecular weight is 298 g/mol. The van der Waals surface area contributed by atoms with E-state index in [1.165, 1.54) is 21.2 Å². The summed E-state index contributed by atoms with van der Waals surface area (Å²) in [7, 11) is 0. The van der Waals surface area contributed by atoms with Gasteiger partial charge in [-0.2, -0.15) is 0 Å². The largest absolute Gasteiger partial charge is 0.483 e. The van der Waals surface area contributed by atoms with Gasteiger partial charge in [0.25, 0.3) is 0 Å². The van der Waals surface area contributed by atoms with Gasteiger partial charge in [-0.25, -0.2) is 0 Å². The lowest BCUT2D eigenvalue weighted by atomic mass is 10.1. The maximum absolute atomic E-state index is 5.39. The van der Waals surface area contributed by atoms with Crippen molar-refractivity contribution in [2.75, 3.05) is 6.61 Å². The molecule has 1 aromatic heterocycles. The SMILES string of the molecule is CCOC(=S)c1ccc(-c2ccc3ccccc3c2)s1. The van der Waals surface area contributed by atoms with Crippen molar-refractivity contribution in [2.45, 2.75) is 6.92 Å². The molecular formula is C17H14OS2. The highest BCUT2D eigenvalue weighted by atomic mass is 32.1. The first-order chi connectivity index (χ1) is 9.78. The Kier molecular flexibility index (Phi) is 3.81. The summed E-state index contributed by atoms with van der Waals surface area (Å²) in [6.45, 7) is 2.56. The van der Waals surface area contributed by atoms with Crippen molar-refractivity contribution in [3.05, 3.63) is 59.5 Å². The molecule has 0 aliphatic carbocycles. The summed E-state index contributed by atoms with van der Waals surface area (Å²) >= 11 is 6.92. The fourth-order valence-electron chi connectivity index (χ4n) is 2.15. The van der Waals surface area contributed by atoms with E-state index in [1.807, 2.05) is 13.0 Å². The van der Waals surface area contributed by atoms with Crippen LogP contribution in [0.15, 0.2) is 54.6 Å². The highest BCUT2D eigenvalue weighted by molar-refractivity contribution is 7.80. The second kappa shape index (κ2) is 5.73. The molecule has 1 nitrogen and oxygen atoms in total. The first-order valence-corrected chi connectivity index (χ1v) is 7.76. The third-order valence-corrected chi connectivity index (χ3v) is 4.72. The zero-order valence-corrected chi connectivity index (χ0v) is 12.8. The van der Waals surface area contributed by atoms with Crippen LogP contribution >= 0.6 is 23.6 Å². The molecule has 100 valence electrons. The van der Waals surface area contributed by atoms with Gasteiger partial charge in [-0.3, -0.25) is 0 Å². The second-order valence-electron chi connectivity index (χ2n) is 4.45. The van der Waals surface area contributed by atoms with E-state index in [0.717, 1.165) is 4.88 Å². The first kappa shape index (κ1) is 13.3. The molecule has 0 atom stereocenters. The number of hydrogen-bond donors (Lipinski definition) is 0. The predicted octanol–water partition coefficient (Wildman–Crippen LogP) is 5.28. The molecule has 3 rings (SSSR count). The Labute approximate surface area is 127 Å². The maximum Gasteiger partial charge on any atom is 0.201 e. The van der Waals surface area contributed by atoms with E-state index in [4.69, 9.17) is 17.0 Å². The maximum atomic E-state index is 5.39. The smallest absolute Gasteiger partial charge is 0.201 e. The summed E-state index contributed by atoms with van der Waals surface area (Å²) in [4.78, 5) is 2.23. The van der Waals surface area contributed by atoms with E-state index < -0.39 is 0 Å². The number of thiophene rings is 1. The third kappa shape index (κ3) is 2.60. The molecule has 0 fully saturated rings. The van der Waals surface area contributed by atoms with E-state index in [9.17, 15) is 0 Å². The van der Waals surface area contributed by atoms with Gasteiger partial charge in [-0.05, 0) is 53.7 Å². The molecule has 0 aliphatic heterocycles. The normalized spacial score (nSPS) is 10.7. The molecule has 3 heteroatoms. The summed E-state index contributed by atoms with van der Waals surface area (Å²) in [6, 6.07) is 19.1. The van der Waals surface area contributed by atoms with Crippen LogP contribution in [0.2, 0.25) is 0 Å². The lowest BCUT2D eigenvalue weighted by molar-refractivity contribution is 0.338. The number of hydrogen-bond acceptors (Lipinski definition) is 3. The number of fused-ring (bicyclic) bond motifs is 1. The second-order valence-corrected chi connectivity index (χ2v) is 5.90. The number of thiocarbonyl (C=S) groups is 1. The molecular weight excluding hydrogens is 284 g/mol. The minimum atomic E-state index is 0.588. The van der Waals surface area contributed by atoms with Crippen molar-refractivity contribution in [1.82, 2.24) is 0 Å². The number of benzene rings is 2. The Bertz CT molecular complexity index is 758.